The van der Waals surface area contributed by atoms with Crippen LogP contribution in [0.1, 0.15) is 43.4 Å². The first kappa shape index (κ1) is 22.3. The van der Waals surface area contributed by atoms with Crippen molar-refractivity contribution < 1.29 is 19.1 Å². The number of carbonyl (C=O) groups is 3. The van der Waals surface area contributed by atoms with Crippen molar-refractivity contribution in [3.05, 3.63) is 35.4 Å². The Morgan fingerprint density at radius 1 is 1.07 bits per heavy atom. The van der Waals surface area contributed by atoms with E-state index in [1.807, 2.05) is 41.0 Å². The minimum atomic E-state index is -0.290. The summed E-state index contributed by atoms with van der Waals surface area (Å²) in [5, 5.41) is 0. The normalized spacial score (nSPS) is 22.8. The van der Waals surface area contributed by atoms with E-state index in [0.29, 0.717) is 52.2 Å². The third-order valence-electron chi connectivity index (χ3n) is 6.23. The molecule has 2 heterocycles. The lowest BCUT2D eigenvalue weighted by molar-refractivity contribution is -0.149. The van der Waals surface area contributed by atoms with Crippen molar-refractivity contribution in [1.82, 2.24) is 14.7 Å². The van der Waals surface area contributed by atoms with Gasteiger partial charge in [-0.1, -0.05) is 29.8 Å². The van der Waals surface area contributed by atoms with Crippen LogP contribution >= 0.6 is 0 Å². The predicted molar refractivity (Wildman–Crippen MR) is 114 cm³/mol. The maximum absolute atomic E-state index is 13.6. The van der Waals surface area contributed by atoms with E-state index in [-0.39, 0.29) is 29.7 Å². The van der Waals surface area contributed by atoms with E-state index in [9.17, 15) is 14.4 Å². The van der Waals surface area contributed by atoms with E-state index in [1.165, 1.54) is 0 Å². The van der Waals surface area contributed by atoms with Gasteiger partial charge in [0, 0.05) is 53.2 Å². The Labute approximate surface area is 179 Å². The molecule has 0 radical (unpaired) electrons. The van der Waals surface area contributed by atoms with Gasteiger partial charge in [-0.15, -0.1) is 0 Å². The molecule has 0 bridgehead atoms. The van der Waals surface area contributed by atoms with Crippen LogP contribution in [-0.2, 0) is 19.1 Å². The first-order valence-corrected chi connectivity index (χ1v) is 10.8. The molecule has 1 aromatic rings. The number of amides is 3. The van der Waals surface area contributed by atoms with Gasteiger partial charge in [0.15, 0.2) is 0 Å². The van der Waals surface area contributed by atoms with Gasteiger partial charge in [0.05, 0.1) is 18.6 Å². The van der Waals surface area contributed by atoms with Gasteiger partial charge in [-0.25, -0.2) is 0 Å². The Bertz CT molecular complexity index is 764. The van der Waals surface area contributed by atoms with Crippen LogP contribution in [0.25, 0.3) is 0 Å². The van der Waals surface area contributed by atoms with Crippen LogP contribution in [0.15, 0.2) is 24.3 Å². The number of rotatable bonds is 5. The van der Waals surface area contributed by atoms with E-state index in [0.717, 1.165) is 17.5 Å². The number of hydrogen-bond acceptors (Lipinski definition) is 4. The second kappa shape index (κ2) is 10.1. The van der Waals surface area contributed by atoms with E-state index >= 15 is 0 Å². The van der Waals surface area contributed by atoms with Crippen molar-refractivity contribution in [3.63, 3.8) is 0 Å². The molecular weight excluding hydrogens is 382 g/mol. The van der Waals surface area contributed by atoms with Gasteiger partial charge in [0.1, 0.15) is 0 Å². The lowest BCUT2D eigenvalue weighted by Crippen LogP contribution is -2.50. The van der Waals surface area contributed by atoms with Gasteiger partial charge >= 0.3 is 0 Å². The minimum Gasteiger partial charge on any atom is -0.383 e. The van der Waals surface area contributed by atoms with E-state index in [4.69, 9.17) is 4.74 Å². The summed E-state index contributed by atoms with van der Waals surface area (Å²) in [6.07, 6.45) is 1.70. The Kier molecular flexibility index (Phi) is 7.48. The Morgan fingerprint density at radius 3 is 2.40 bits per heavy atom. The molecule has 0 aromatic heterocycles. The quantitative estimate of drug-likeness (QED) is 0.738. The third-order valence-corrected chi connectivity index (χ3v) is 6.23. The highest BCUT2D eigenvalue weighted by Gasteiger charge is 2.42. The zero-order valence-electron chi connectivity index (χ0n) is 18.3. The number of nitrogens with zero attached hydrogens (tertiary/aromatic N) is 3. The van der Waals surface area contributed by atoms with Gasteiger partial charge in [-0.3, -0.25) is 14.4 Å². The molecule has 3 rings (SSSR count). The molecule has 2 saturated heterocycles. The van der Waals surface area contributed by atoms with E-state index in [2.05, 4.69) is 0 Å². The number of carbonyl (C=O) groups excluding carboxylic acids is 3. The van der Waals surface area contributed by atoms with Crippen LogP contribution in [-0.4, -0.2) is 78.9 Å². The molecule has 0 unspecified atom stereocenters. The van der Waals surface area contributed by atoms with Gasteiger partial charge in [0.25, 0.3) is 0 Å². The van der Waals surface area contributed by atoms with Crippen LogP contribution in [0, 0.1) is 12.8 Å². The number of benzene rings is 1. The second-order valence-electron chi connectivity index (χ2n) is 8.27. The molecule has 2 fully saturated rings. The number of piperidine rings is 1. The van der Waals surface area contributed by atoms with Crippen LogP contribution in [0.4, 0.5) is 0 Å². The molecule has 2 aliphatic rings. The number of hydrogen-bond donors (Lipinski definition) is 0. The van der Waals surface area contributed by atoms with Crippen LogP contribution < -0.4 is 0 Å². The summed E-state index contributed by atoms with van der Waals surface area (Å²) in [6.45, 7) is 6.94. The average molecular weight is 416 g/mol. The van der Waals surface area contributed by atoms with Crippen LogP contribution in [0.3, 0.4) is 0 Å². The van der Waals surface area contributed by atoms with Crippen molar-refractivity contribution in [2.75, 3.05) is 46.4 Å². The summed E-state index contributed by atoms with van der Waals surface area (Å²) >= 11 is 0. The molecule has 2 atom stereocenters. The molecule has 2 aliphatic heterocycles. The van der Waals surface area contributed by atoms with Crippen molar-refractivity contribution in [2.45, 2.75) is 39.2 Å². The smallest absolute Gasteiger partial charge is 0.228 e. The molecule has 0 aliphatic carbocycles. The molecule has 164 valence electrons. The molecule has 0 saturated carbocycles. The van der Waals surface area contributed by atoms with E-state index in [1.54, 1.807) is 18.9 Å². The van der Waals surface area contributed by atoms with Crippen LogP contribution in [0.2, 0.25) is 0 Å². The monoisotopic (exact) mass is 415 g/mol. The topological polar surface area (TPSA) is 70.2 Å². The summed E-state index contributed by atoms with van der Waals surface area (Å²) in [5.74, 6) is -0.0804. The molecule has 0 spiro atoms. The average Bonchev–Trinajstić information content (AvgIpc) is 2.99. The molecule has 3 amide bonds. The summed E-state index contributed by atoms with van der Waals surface area (Å²) in [6, 6.07) is 7.82. The fourth-order valence-corrected chi connectivity index (χ4v) is 4.53. The first-order chi connectivity index (χ1) is 14.4. The highest BCUT2D eigenvalue weighted by Crippen LogP contribution is 2.38. The van der Waals surface area contributed by atoms with Gasteiger partial charge in [0.2, 0.25) is 17.7 Å². The van der Waals surface area contributed by atoms with E-state index < -0.39 is 0 Å². The highest BCUT2D eigenvalue weighted by atomic mass is 16.5. The highest BCUT2D eigenvalue weighted by molar-refractivity contribution is 5.85. The zero-order chi connectivity index (χ0) is 21.7. The molecule has 7 nitrogen and oxygen atoms in total. The van der Waals surface area contributed by atoms with Crippen molar-refractivity contribution >= 4 is 17.7 Å². The Balaban J connectivity index is 1.86. The SMILES string of the molecule is COCCN1C(=O)CC[C@@H](C(=O)N2CCCN(C(C)=O)CC2)[C@H]1c1ccc(C)cc1. The second-order valence-corrected chi connectivity index (χ2v) is 8.27. The first-order valence-electron chi connectivity index (χ1n) is 10.8. The number of ether oxygens (including phenoxy) is 1. The summed E-state index contributed by atoms with van der Waals surface area (Å²) in [4.78, 5) is 43.6. The predicted octanol–water partition coefficient (Wildman–Crippen LogP) is 2.00. The third kappa shape index (κ3) is 5.01. The molecule has 1 aromatic carbocycles. The zero-order valence-corrected chi connectivity index (χ0v) is 18.3. The lowest BCUT2D eigenvalue weighted by Gasteiger charge is -2.42. The molecular formula is C23H33N3O4. The fourth-order valence-electron chi connectivity index (χ4n) is 4.53. The fraction of sp³-hybridized carbons (Fsp3) is 0.609. The van der Waals surface area contributed by atoms with Gasteiger partial charge in [-0.2, -0.15) is 0 Å². The maximum Gasteiger partial charge on any atom is 0.228 e. The van der Waals surface area contributed by atoms with Crippen molar-refractivity contribution in [1.29, 1.82) is 0 Å². The standard InChI is InChI=1S/C23H33N3O4/c1-17-5-7-19(8-6-17)22-20(9-10-21(28)26(22)15-16-30-3)23(29)25-12-4-11-24(13-14-25)18(2)27/h5-8,20,22H,4,9-16H2,1-3H3/t20-,22-/m1/s1. The molecule has 30 heavy (non-hydrogen) atoms. The molecule has 0 N–H and O–H groups in total. The summed E-state index contributed by atoms with van der Waals surface area (Å²) in [7, 11) is 1.62. The van der Waals surface area contributed by atoms with Crippen molar-refractivity contribution in [2.24, 2.45) is 5.92 Å². The summed E-state index contributed by atoms with van der Waals surface area (Å²) in [5.41, 5.74) is 2.13. The minimum absolute atomic E-state index is 0.0517. The van der Waals surface area contributed by atoms with Crippen LogP contribution in [0.5, 0.6) is 0 Å². The van der Waals surface area contributed by atoms with Gasteiger partial charge < -0.3 is 19.4 Å². The number of likely N-dealkylation sites (tertiary alicyclic amines) is 1. The van der Waals surface area contributed by atoms with Gasteiger partial charge in [-0.05, 0) is 25.3 Å². The molecule has 7 heteroatoms. The maximum atomic E-state index is 13.6. The number of aryl methyl sites for hydroxylation is 1. The van der Waals surface area contributed by atoms with Crippen molar-refractivity contribution in [3.8, 4) is 0 Å². The Hall–Kier alpha value is -2.41. The largest absolute Gasteiger partial charge is 0.383 e. The Morgan fingerprint density at radius 2 is 1.73 bits per heavy atom. The number of methoxy groups -OCH3 is 1. The summed E-state index contributed by atoms with van der Waals surface area (Å²) < 4.78 is 5.23. The lowest BCUT2D eigenvalue weighted by atomic mass is 9.83.